The van der Waals surface area contributed by atoms with Gasteiger partial charge in [-0.2, -0.15) is 0 Å². The molecule has 0 bridgehead atoms. The van der Waals surface area contributed by atoms with Crippen LogP contribution in [0.5, 0.6) is 0 Å². The summed E-state index contributed by atoms with van der Waals surface area (Å²) in [7, 11) is 3.45. The Morgan fingerprint density at radius 1 is 1.23 bits per heavy atom. The van der Waals surface area contributed by atoms with Crippen LogP contribution in [0.25, 0.3) is 0 Å². The second-order valence-corrected chi connectivity index (χ2v) is 6.13. The summed E-state index contributed by atoms with van der Waals surface area (Å²) in [4.78, 5) is 0. The fourth-order valence-electron chi connectivity index (χ4n) is 3.12. The monoisotopic (exact) mass is 307 g/mol. The molecule has 1 aromatic carbocycles. The van der Waals surface area contributed by atoms with Crippen molar-refractivity contribution in [2.75, 3.05) is 34.0 Å². The highest BCUT2D eigenvalue weighted by Gasteiger charge is 2.41. The highest BCUT2D eigenvalue weighted by Crippen LogP contribution is 2.32. The maximum atomic E-state index is 5.65. The van der Waals surface area contributed by atoms with Gasteiger partial charge in [0.25, 0.3) is 0 Å². The van der Waals surface area contributed by atoms with Crippen molar-refractivity contribution in [3.63, 3.8) is 0 Å². The number of hydrogen-bond donors (Lipinski definition) is 1. The zero-order valence-corrected chi connectivity index (χ0v) is 14.3. The normalized spacial score (nSPS) is 21.0. The molecule has 124 valence electrons. The van der Waals surface area contributed by atoms with Gasteiger partial charge in [-0.1, -0.05) is 18.2 Å². The summed E-state index contributed by atoms with van der Waals surface area (Å²) in [5.41, 5.74) is 4.01. The molecule has 22 heavy (non-hydrogen) atoms. The van der Waals surface area contributed by atoms with Gasteiger partial charge in [0, 0.05) is 33.1 Å². The summed E-state index contributed by atoms with van der Waals surface area (Å²) in [6.45, 7) is 7.52. The quantitative estimate of drug-likeness (QED) is 0.621. The van der Waals surface area contributed by atoms with E-state index in [2.05, 4.69) is 37.4 Å². The van der Waals surface area contributed by atoms with E-state index < -0.39 is 5.79 Å². The number of methoxy groups -OCH3 is 2. The largest absolute Gasteiger partial charge is 0.381 e. The zero-order chi connectivity index (χ0) is 16.0. The first-order chi connectivity index (χ1) is 10.6. The Bertz CT molecular complexity index is 471. The molecule has 1 N–H and O–H groups in total. The van der Waals surface area contributed by atoms with Gasteiger partial charge in [0.1, 0.15) is 0 Å². The van der Waals surface area contributed by atoms with Crippen LogP contribution in [0.1, 0.15) is 29.5 Å². The zero-order valence-electron chi connectivity index (χ0n) is 14.3. The first-order valence-electron chi connectivity index (χ1n) is 8.06. The van der Waals surface area contributed by atoms with E-state index in [0.29, 0.717) is 13.2 Å². The van der Waals surface area contributed by atoms with Crippen molar-refractivity contribution in [2.45, 2.75) is 39.0 Å². The lowest BCUT2D eigenvalue weighted by Gasteiger charge is -2.41. The third-order valence-electron chi connectivity index (χ3n) is 4.80. The molecule has 0 amide bonds. The van der Waals surface area contributed by atoms with Crippen LogP contribution in [0.3, 0.4) is 0 Å². The molecule has 0 spiro atoms. The van der Waals surface area contributed by atoms with Gasteiger partial charge in [0.2, 0.25) is 0 Å². The highest BCUT2D eigenvalue weighted by atomic mass is 16.7. The van der Waals surface area contributed by atoms with Crippen molar-refractivity contribution in [3.05, 3.63) is 34.9 Å². The molecular formula is C18H29NO3. The summed E-state index contributed by atoms with van der Waals surface area (Å²) in [6, 6.07) is 6.62. The van der Waals surface area contributed by atoms with E-state index in [4.69, 9.17) is 14.2 Å². The van der Waals surface area contributed by atoms with Crippen molar-refractivity contribution >= 4 is 0 Å². The van der Waals surface area contributed by atoms with Gasteiger partial charge in [0.05, 0.1) is 13.2 Å². The predicted octanol–water partition coefficient (Wildman–Crippen LogP) is 2.81. The summed E-state index contributed by atoms with van der Waals surface area (Å²) in [5, 5.41) is 3.51. The molecule has 4 nitrogen and oxygen atoms in total. The minimum atomic E-state index is -0.486. The van der Waals surface area contributed by atoms with Gasteiger partial charge in [0.15, 0.2) is 5.79 Å². The van der Waals surface area contributed by atoms with E-state index in [1.165, 1.54) is 16.7 Å². The van der Waals surface area contributed by atoms with Crippen LogP contribution >= 0.6 is 0 Å². The van der Waals surface area contributed by atoms with E-state index in [1.807, 2.05) is 0 Å². The van der Waals surface area contributed by atoms with Crippen molar-refractivity contribution in [3.8, 4) is 0 Å². The highest BCUT2D eigenvalue weighted by molar-refractivity contribution is 5.29. The van der Waals surface area contributed by atoms with E-state index in [-0.39, 0.29) is 5.92 Å². The average molecular weight is 307 g/mol. The average Bonchev–Trinajstić information content (AvgIpc) is 2.55. The van der Waals surface area contributed by atoms with Crippen molar-refractivity contribution < 1.29 is 14.2 Å². The van der Waals surface area contributed by atoms with Crippen LogP contribution in [0.15, 0.2) is 18.2 Å². The van der Waals surface area contributed by atoms with E-state index in [1.54, 1.807) is 14.2 Å². The van der Waals surface area contributed by atoms with Crippen LogP contribution in [-0.2, 0) is 20.8 Å². The summed E-state index contributed by atoms with van der Waals surface area (Å²) >= 11 is 0. The molecule has 1 atom stereocenters. The Hall–Kier alpha value is -0.940. The molecule has 1 unspecified atom stereocenters. The molecule has 1 aromatic rings. The summed E-state index contributed by atoms with van der Waals surface area (Å²) in [5.74, 6) is -0.219. The molecule has 0 aromatic heterocycles. The number of benzene rings is 1. The Labute approximate surface area is 134 Å². The third-order valence-corrected chi connectivity index (χ3v) is 4.80. The molecule has 4 heteroatoms. The predicted molar refractivity (Wildman–Crippen MR) is 87.9 cm³/mol. The van der Waals surface area contributed by atoms with Crippen LogP contribution < -0.4 is 5.32 Å². The first-order valence-corrected chi connectivity index (χ1v) is 8.06. The molecule has 1 aliphatic heterocycles. The molecular weight excluding hydrogens is 278 g/mol. The molecule has 1 heterocycles. The standard InChI is InChI=1S/C18H29NO3/c1-14-5-6-16(11-15(14)2)12-19-9-7-17-13-22-10-8-18(17,20-3)21-4/h5-6,11,17,19H,7-10,12-13H2,1-4H3. The van der Waals surface area contributed by atoms with Gasteiger partial charge in [-0.3, -0.25) is 0 Å². The van der Waals surface area contributed by atoms with Crippen molar-refractivity contribution in [1.82, 2.24) is 5.32 Å². The molecule has 0 radical (unpaired) electrons. The summed E-state index contributed by atoms with van der Waals surface area (Å²) in [6.07, 6.45) is 1.77. The number of rotatable bonds is 7. The van der Waals surface area contributed by atoms with Gasteiger partial charge in [-0.25, -0.2) is 0 Å². The lowest BCUT2D eigenvalue weighted by molar-refractivity contribution is -0.276. The molecule has 0 saturated carbocycles. The maximum absolute atomic E-state index is 5.65. The minimum absolute atomic E-state index is 0.267. The van der Waals surface area contributed by atoms with Crippen LogP contribution in [-0.4, -0.2) is 39.8 Å². The lowest BCUT2D eigenvalue weighted by atomic mass is 9.91. The second kappa shape index (κ2) is 8.06. The molecule has 2 rings (SSSR count). The first kappa shape index (κ1) is 17.4. The topological polar surface area (TPSA) is 39.7 Å². The molecule has 1 saturated heterocycles. The minimum Gasteiger partial charge on any atom is -0.381 e. The lowest BCUT2D eigenvalue weighted by Crippen LogP contribution is -2.49. The molecule has 0 aliphatic carbocycles. The number of aryl methyl sites for hydroxylation is 2. The van der Waals surface area contributed by atoms with E-state index in [9.17, 15) is 0 Å². The Balaban J connectivity index is 1.81. The van der Waals surface area contributed by atoms with Crippen molar-refractivity contribution in [2.24, 2.45) is 5.92 Å². The third kappa shape index (κ3) is 4.07. The Kier molecular flexibility index (Phi) is 6.38. The van der Waals surface area contributed by atoms with Gasteiger partial charge in [-0.15, -0.1) is 0 Å². The SMILES string of the molecule is COC1(OC)CCOCC1CCNCc1ccc(C)c(C)c1. The Morgan fingerprint density at radius 2 is 2.00 bits per heavy atom. The van der Waals surface area contributed by atoms with Crippen LogP contribution in [0.4, 0.5) is 0 Å². The number of nitrogens with one attached hydrogen (secondary N) is 1. The van der Waals surface area contributed by atoms with E-state index >= 15 is 0 Å². The Morgan fingerprint density at radius 3 is 2.68 bits per heavy atom. The smallest absolute Gasteiger partial charge is 0.174 e. The molecule has 1 fully saturated rings. The van der Waals surface area contributed by atoms with Gasteiger partial charge < -0.3 is 19.5 Å². The number of hydrogen-bond acceptors (Lipinski definition) is 4. The van der Waals surface area contributed by atoms with E-state index in [0.717, 1.165) is 25.9 Å². The number of ether oxygens (including phenoxy) is 3. The van der Waals surface area contributed by atoms with Crippen LogP contribution in [0, 0.1) is 19.8 Å². The van der Waals surface area contributed by atoms with Gasteiger partial charge in [-0.05, 0) is 43.5 Å². The molecule has 1 aliphatic rings. The fraction of sp³-hybridized carbons (Fsp3) is 0.667. The second-order valence-electron chi connectivity index (χ2n) is 6.13. The van der Waals surface area contributed by atoms with Gasteiger partial charge >= 0.3 is 0 Å². The summed E-state index contributed by atoms with van der Waals surface area (Å²) < 4.78 is 16.9. The van der Waals surface area contributed by atoms with Crippen molar-refractivity contribution in [1.29, 1.82) is 0 Å². The fourth-order valence-corrected chi connectivity index (χ4v) is 3.12. The maximum Gasteiger partial charge on any atom is 0.174 e. The van der Waals surface area contributed by atoms with Crippen LogP contribution in [0.2, 0.25) is 0 Å².